The highest BCUT2D eigenvalue weighted by Crippen LogP contribution is 2.41. The van der Waals surface area contributed by atoms with Gasteiger partial charge in [-0.15, -0.1) is 11.8 Å². The van der Waals surface area contributed by atoms with Crippen LogP contribution in [0.25, 0.3) is 0 Å². The number of benzene rings is 1. The van der Waals surface area contributed by atoms with E-state index in [2.05, 4.69) is 21.6 Å². The van der Waals surface area contributed by atoms with Crippen molar-refractivity contribution in [3.8, 4) is 6.07 Å². The molecule has 39 heavy (non-hydrogen) atoms. The number of likely N-dealkylation sites (tertiary alicyclic amines) is 1. The molecule has 210 valence electrons. The third-order valence-corrected chi connectivity index (χ3v) is 9.82. The zero-order chi connectivity index (χ0) is 27.2. The number of amides is 2. The number of ether oxygens (including phenoxy) is 1. The van der Waals surface area contributed by atoms with E-state index in [-0.39, 0.29) is 28.0 Å². The second-order valence-electron chi connectivity index (χ2n) is 11.0. The molecule has 5 rings (SSSR count). The minimum atomic E-state index is -0.582. The summed E-state index contributed by atoms with van der Waals surface area (Å²) in [6.45, 7) is 7.44. The Morgan fingerprint density at radius 3 is 2.82 bits per heavy atom. The van der Waals surface area contributed by atoms with Crippen LogP contribution in [0.5, 0.6) is 0 Å². The fourth-order valence-corrected chi connectivity index (χ4v) is 7.63. The molecule has 0 aromatic heterocycles. The minimum Gasteiger partial charge on any atom is -0.477 e. The molecule has 1 aromatic carbocycles. The highest BCUT2D eigenvalue weighted by atomic mass is 32.2. The lowest BCUT2D eigenvalue weighted by Gasteiger charge is -2.25. The first-order chi connectivity index (χ1) is 19.0. The number of hydrogen-bond donors (Lipinski definition) is 2. The number of nitrogens with one attached hydrogen (secondary N) is 2. The van der Waals surface area contributed by atoms with Crippen LogP contribution < -0.4 is 10.6 Å². The van der Waals surface area contributed by atoms with E-state index in [0.29, 0.717) is 37.7 Å². The van der Waals surface area contributed by atoms with Gasteiger partial charge in [0, 0.05) is 30.9 Å². The Morgan fingerprint density at radius 2 is 2.08 bits per heavy atom. The fraction of sp³-hybridized carbons (Fsp3) is 0.655. The number of carbonyl (C=O) groups excluding carboxylic acids is 2. The Bertz CT molecular complexity index is 1110. The second-order valence-corrected chi connectivity index (χ2v) is 12.4. The van der Waals surface area contributed by atoms with Crippen LogP contribution in [0.4, 0.5) is 5.69 Å². The van der Waals surface area contributed by atoms with Crippen LogP contribution in [-0.4, -0.2) is 89.6 Å². The van der Waals surface area contributed by atoms with E-state index in [4.69, 9.17) is 9.73 Å². The third kappa shape index (κ3) is 6.36. The number of anilines is 1. The molecule has 2 N–H and O–H groups in total. The van der Waals surface area contributed by atoms with E-state index in [1.165, 1.54) is 37.7 Å². The first-order valence-electron chi connectivity index (χ1n) is 14.4. The molecule has 1 spiro atoms. The van der Waals surface area contributed by atoms with Crippen molar-refractivity contribution in [2.45, 2.75) is 68.0 Å². The highest BCUT2D eigenvalue weighted by molar-refractivity contribution is 8.01. The molecule has 1 aliphatic carbocycles. The number of aliphatic imine (C=N–C) groups is 1. The fourth-order valence-electron chi connectivity index (χ4n) is 6.13. The maximum absolute atomic E-state index is 13.3. The van der Waals surface area contributed by atoms with Crippen molar-refractivity contribution in [1.82, 2.24) is 15.1 Å². The van der Waals surface area contributed by atoms with Gasteiger partial charge in [0.2, 0.25) is 11.8 Å². The molecule has 2 saturated heterocycles. The summed E-state index contributed by atoms with van der Waals surface area (Å²) in [7, 11) is 0. The molecule has 3 atom stereocenters. The van der Waals surface area contributed by atoms with Crippen LogP contribution in [0.3, 0.4) is 0 Å². The first kappa shape index (κ1) is 27.8. The van der Waals surface area contributed by atoms with Gasteiger partial charge in [-0.2, -0.15) is 5.26 Å². The summed E-state index contributed by atoms with van der Waals surface area (Å²) in [5, 5.41) is 15.8. The Kier molecular flexibility index (Phi) is 8.98. The molecular weight excluding hydrogens is 512 g/mol. The Morgan fingerprint density at radius 1 is 1.28 bits per heavy atom. The van der Waals surface area contributed by atoms with Gasteiger partial charge >= 0.3 is 0 Å². The van der Waals surface area contributed by atoms with E-state index in [9.17, 15) is 14.9 Å². The summed E-state index contributed by atoms with van der Waals surface area (Å²) in [5.74, 6) is -0.156. The summed E-state index contributed by atoms with van der Waals surface area (Å²) < 4.78 is 5.97. The highest BCUT2D eigenvalue weighted by Gasteiger charge is 2.48. The Balaban J connectivity index is 1.15. The number of thioether (sulfide) groups is 1. The zero-order valence-corrected chi connectivity index (χ0v) is 23.7. The molecule has 0 radical (unpaired) electrons. The lowest BCUT2D eigenvalue weighted by molar-refractivity contribution is -0.129. The minimum absolute atomic E-state index is 0.0151. The normalized spacial score (nSPS) is 25.0. The van der Waals surface area contributed by atoms with Gasteiger partial charge in [0.05, 0.1) is 11.6 Å². The van der Waals surface area contributed by atoms with Crippen LogP contribution in [-0.2, 0) is 9.53 Å². The quantitative estimate of drug-likeness (QED) is 0.405. The molecule has 10 heteroatoms. The molecule has 3 aliphatic heterocycles. The number of rotatable bonds is 11. The van der Waals surface area contributed by atoms with Crippen LogP contribution in [0, 0.1) is 17.2 Å². The first-order valence-corrected chi connectivity index (χ1v) is 15.4. The van der Waals surface area contributed by atoms with Crippen LogP contribution in [0.2, 0.25) is 0 Å². The van der Waals surface area contributed by atoms with Crippen molar-refractivity contribution in [2.75, 3.05) is 51.2 Å². The Hall–Kier alpha value is -2.77. The average Bonchev–Trinajstić information content (AvgIpc) is 3.76. The molecule has 3 fully saturated rings. The topological polar surface area (TPSA) is 110 Å². The molecule has 1 aromatic rings. The van der Waals surface area contributed by atoms with Crippen molar-refractivity contribution in [1.29, 1.82) is 5.26 Å². The van der Waals surface area contributed by atoms with Gasteiger partial charge in [-0.25, -0.2) is 4.99 Å². The standard InChI is InChI=1S/C29H40N6O3S/c1-2-35-27(37)24(39-28(35)23(18-30)26-33-29(20-38-26)11-3-4-12-29)19-32-22-10-7-9-21(17-22)25(36)31-13-8-16-34-14-5-6-15-34/h7,9-10,17,23-24,28,32H,2-6,8,11-16,19-20H2,1H3,(H,31,36). The van der Waals surface area contributed by atoms with Crippen molar-refractivity contribution >= 4 is 35.2 Å². The summed E-state index contributed by atoms with van der Waals surface area (Å²) in [5.41, 5.74) is 1.23. The van der Waals surface area contributed by atoms with Gasteiger partial charge in [0.15, 0.2) is 5.92 Å². The summed E-state index contributed by atoms with van der Waals surface area (Å²) in [4.78, 5) is 35.1. The van der Waals surface area contributed by atoms with E-state index in [1.54, 1.807) is 4.90 Å². The van der Waals surface area contributed by atoms with Gasteiger partial charge in [0.25, 0.3) is 5.91 Å². The van der Waals surface area contributed by atoms with Gasteiger partial charge < -0.3 is 25.2 Å². The van der Waals surface area contributed by atoms with Crippen LogP contribution in [0.1, 0.15) is 62.2 Å². The van der Waals surface area contributed by atoms with Gasteiger partial charge in [0.1, 0.15) is 17.2 Å². The lowest BCUT2D eigenvalue weighted by atomic mass is 10.0. The van der Waals surface area contributed by atoms with Gasteiger partial charge in [-0.05, 0) is 76.9 Å². The van der Waals surface area contributed by atoms with E-state index in [0.717, 1.165) is 44.3 Å². The molecule has 2 amide bonds. The molecule has 0 bridgehead atoms. The van der Waals surface area contributed by atoms with Gasteiger partial charge in [-0.3, -0.25) is 9.59 Å². The molecule has 9 nitrogen and oxygen atoms in total. The van der Waals surface area contributed by atoms with Crippen molar-refractivity contribution in [3.63, 3.8) is 0 Å². The monoisotopic (exact) mass is 552 g/mol. The number of carbonyl (C=O) groups is 2. The third-order valence-electron chi connectivity index (χ3n) is 8.32. The van der Waals surface area contributed by atoms with Gasteiger partial charge in [-0.1, -0.05) is 18.9 Å². The van der Waals surface area contributed by atoms with Crippen LogP contribution in [0.15, 0.2) is 29.3 Å². The summed E-state index contributed by atoms with van der Waals surface area (Å²) >= 11 is 1.50. The summed E-state index contributed by atoms with van der Waals surface area (Å²) in [6.07, 6.45) is 7.79. The average molecular weight is 553 g/mol. The smallest absolute Gasteiger partial charge is 0.251 e. The van der Waals surface area contributed by atoms with Crippen molar-refractivity contribution in [2.24, 2.45) is 10.9 Å². The summed E-state index contributed by atoms with van der Waals surface area (Å²) in [6, 6.07) is 9.79. The maximum atomic E-state index is 13.3. The van der Waals surface area contributed by atoms with E-state index in [1.807, 2.05) is 31.2 Å². The van der Waals surface area contributed by atoms with Crippen molar-refractivity contribution < 1.29 is 14.3 Å². The molecule has 3 heterocycles. The van der Waals surface area contributed by atoms with Crippen molar-refractivity contribution in [3.05, 3.63) is 29.8 Å². The van der Waals surface area contributed by atoms with E-state index >= 15 is 0 Å². The number of nitrogens with zero attached hydrogens (tertiary/aromatic N) is 4. The Labute approximate surface area is 235 Å². The predicted molar refractivity (Wildman–Crippen MR) is 154 cm³/mol. The second kappa shape index (κ2) is 12.6. The SMILES string of the molecule is CCN1C(=O)C(CNc2cccc(C(=O)NCCCN3CCCC3)c2)SC1C(C#N)C1=NC2(CCCC2)CO1. The molecule has 4 aliphatic rings. The molecule has 1 saturated carbocycles. The maximum Gasteiger partial charge on any atom is 0.251 e. The zero-order valence-electron chi connectivity index (χ0n) is 22.9. The predicted octanol–water partition coefficient (Wildman–Crippen LogP) is 3.49. The van der Waals surface area contributed by atoms with Crippen LogP contribution >= 0.6 is 11.8 Å². The lowest BCUT2D eigenvalue weighted by Crippen LogP contribution is -2.41. The molecular formula is C29H40N6O3S. The number of nitriles is 1. The van der Waals surface area contributed by atoms with E-state index < -0.39 is 5.92 Å². The number of hydrogen-bond acceptors (Lipinski definition) is 8. The molecule has 3 unspecified atom stereocenters. The largest absolute Gasteiger partial charge is 0.477 e.